The zero-order chi connectivity index (χ0) is 25.2. The smallest absolute Gasteiger partial charge is 0.387 e. The summed E-state index contributed by atoms with van der Waals surface area (Å²) >= 11 is 6.01. The van der Waals surface area contributed by atoms with E-state index in [0.29, 0.717) is 22.8 Å². The van der Waals surface area contributed by atoms with E-state index in [4.69, 9.17) is 16.6 Å². The predicted octanol–water partition coefficient (Wildman–Crippen LogP) is 6.64. The van der Waals surface area contributed by atoms with Crippen molar-refractivity contribution in [2.45, 2.75) is 19.6 Å². The number of nitrogens with zero attached hydrogens (tertiary/aromatic N) is 4. The summed E-state index contributed by atoms with van der Waals surface area (Å²) in [5, 5.41) is 4.47. The van der Waals surface area contributed by atoms with Gasteiger partial charge in [0.15, 0.2) is 5.69 Å². The molecule has 1 aromatic heterocycles. The average Bonchev–Trinajstić information content (AvgIpc) is 3.32. The molecule has 0 unspecified atom stereocenters. The summed E-state index contributed by atoms with van der Waals surface area (Å²) in [6, 6.07) is 23.6. The Labute approximate surface area is 224 Å². The number of hydrogen-bond donors (Lipinski definition) is 0. The van der Waals surface area contributed by atoms with E-state index in [9.17, 15) is 13.6 Å². The lowest BCUT2D eigenvalue weighted by Crippen LogP contribution is -2.42. The minimum atomic E-state index is -3.04. The van der Waals surface area contributed by atoms with E-state index in [0.717, 1.165) is 11.1 Å². The molecule has 10 heteroatoms. The number of benzene rings is 3. The molecule has 0 bridgehead atoms. The third kappa shape index (κ3) is 5.38. The van der Waals surface area contributed by atoms with E-state index in [1.807, 2.05) is 67.6 Å². The molecule has 37 heavy (non-hydrogen) atoms. The lowest BCUT2D eigenvalue weighted by atomic mass is 10.0. The predicted molar refractivity (Wildman–Crippen MR) is 145 cm³/mol. The quantitative estimate of drug-likeness (QED) is 0.258. The van der Waals surface area contributed by atoms with Gasteiger partial charge in [-0.2, -0.15) is 27.4 Å². The van der Waals surface area contributed by atoms with Crippen LogP contribution in [0.15, 0.2) is 90.1 Å². The molecule has 0 saturated carbocycles. The maximum absolute atomic E-state index is 13.7. The number of aromatic nitrogens is 2. The number of carbonyl (C=O) groups excluding carboxylic acids is 1. The monoisotopic (exact) mass is 540 g/mol. The number of halogens is 3. The van der Waals surface area contributed by atoms with Gasteiger partial charge in [0, 0.05) is 29.4 Å². The van der Waals surface area contributed by atoms with Crippen molar-refractivity contribution < 1.29 is 18.3 Å². The maximum atomic E-state index is 13.7. The first-order valence-corrected chi connectivity index (χ1v) is 11.6. The van der Waals surface area contributed by atoms with E-state index < -0.39 is 6.61 Å². The highest BCUT2D eigenvalue weighted by Crippen LogP contribution is 2.36. The van der Waals surface area contributed by atoms with Crippen LogP contribution < -0.4 is 9.64 Å². The van der Waals surface area contributed by atoms with Crippen LogP contribution in [0.25, 0.3) is 0 Å². The van der Waals surface area contributed by atoms with E-state index in [-0.39, 0.29) is 42.8 Å². The molecule has 0 spiro atoms. The fraction of sp³-hybridized carbons (Fsp3) is 0.148. The molecular formula is C27H23ClF2N4O2S. The van der Waals surface area contributed by atoms with Gasteiger partial charge in [0.2, 0.25) is 0 Å². The van der Waals surface area contributed by atoms with Crippen molar-refractivity contribution in [3.8, 4) is 5.75 Å². The Hall–Kier alpha value is -3.69. The van der Waals surface area contributed by atoms with Crippen LogP contribution in [0.3, 0.4) is 0 Å². The Kier molecular flexibility index (Phi) is 7.94. The van der Waals surface area contributed by atoms with Crippen molar-refractivity contribution in [2.24, 2.45) is 4.99 Å². The van der Waals surface area contributed by atoms with Gasteiger partial charge in [-0.3, -0.25) is 9.48 Å². The summed E-state index contributed by atoms with van der Waals surface area (Å²) in [6.07, 6.45) is 1.58. The minimum Gasteiger partial charge on any atom is -0.433 e. The Morgan fingerprint density at radius 1 is 1.05 bits per heavy atom. The first-order valence-electron chi connectivity index (χ1n) is 11.3. The van der Waals surface area contributed by atoms with Crippen LogP contribution in [0.4, 0.5) is 20.2 Å². The van der Waals surface area contributed by atoms with Crippen LogP contribution in [-0.4, -0.2) is 34.6 Å². The van der Waals surface area contributed by atoms with Gasteiger partial charge in [-0.05, 0) is 19.1 Å². The molecule has 1 aliphatic heterocycles. The molecule has 0 radical (unpaired) electrons. The molecule has 6 nitrogen and oxygen atoms in total. The molecule has 0 N–H and O–H groups in total. The van der Waals surface area contributed by atoms with E-state index >= 15 is 0 Å². The van der Waals surface area contributed by atoms with Crippen LogP contribution in [0.5, 0.6) is 5.75 Å². The maximum Gasteiger partial charge on any atom is 0.387 e. The van der Waals surface area contributed by atoms with Gasteiger partial charge < -0.3 is 9.64 Å². The SMILES string of the molecule is C[C@H]1CN(c2ccc(Cl)c(OC(F)F)c2)C(=O)c2c(N=C(c3ccccc3)c3ccccc3)cnn21.S. The number of aliphatic imine (C=N–C) groups is 1. The second-order valence-electron chi connectivity index (χ2n) is 8.27. The molecule has 1 amide bonds. The molecule has 1 atom stereocenters. The van der Waals surface area contributed by atoms with Gasteiger partial charge >= 0.3 is 6.61 Å². The number of rotatable bonds is 6. The number of anilines is 1. The van der Waals surface area contributed by atoms with E-state index in [1.54, 1.807) is 16.9 Å². The molecule has 4 aromatic rings. The number of alkyl halides is 2. The highest BCUT2D eigenvalue weighted by atomic mass is 35.5. The summed E-state index contributed by atoms with van der Waals surface area (Å²) in [5.41, 5.74) is 3.59. The van der Waals surface area contributed by atoms with Gasteiger partial charge in [0.25, 0.3) is 5.91 Å². The zero-order valence-corrected chi connectivity index (χ0v) is 21.4. The molecule has 190 valence electrons. The van der Waals surface area contributed by atoms with Crippen LogP contribution in [0.2, 0.25) is 5.02 Å². The van der Waals surface area contributed by atoms with Crippen LogP contribution in [0.1, 0.15) is 34.6 Å². The van der Waals surface area contributed by atoms with Crippen molar-refractivity contribution >= 4 is 48.1 Å². The molecule has 1 aliphatic rings. The fourth-order valence-corrected chi connectivity index (χ4v) is 4.37. The van der Waals surface area contributed by atoms with Crippen molar-refractivity contribution in [3.63, 3.8) is 0 Å². The summed E-state index contributed by atoms with van der Waals surface area (Å²) in [7, 11) is 0. The Balaban J connectivity index is 0.00000320. The highest BCUT2D eigenvalue weighted by molar-refractivity contribution is 7.59. The number of fused-ring (bicyclic) bond motifs is 1. The first-order chi connectivity index (χ1) is 17.4. The van der Waals surface area contributed by atoms with Crippen molar-refractivity contribution in [3.05, 3.63) is 107 Å². The minimum absolute atomic E-state index is 0. The Bertz CT molecular complexity index is 1390. The lowest BCUT2D eigenvalue weighted by Gasteiger charge is -2.32. The van der Waals surface area contributed by atoms with Crippen LogP contribution in [-0.2, 0) is 0 Å². The summed E-state index contributed by atoms with van der Waals surface area (Å²) < 4.78 is 31.8. The third-order valence-corrected chi connectivity index (χ3v) is 6.17. The summed E-state index contributed by atoms with van der Waals surface area (Å²) in [4.78, 5) is 20.1. The number of amides is 1. The summed E-state index contributed by atoms with van der Waals surface area (Å²) in [6.45, 7) is -0.826. The number of hydrogen-bond acceptors (Lipinski definition) is 4. The second kappa shape index (κ2) is 11.1. The van der Waals surface area contributed by atoms with Gasteiger partial charge in [0.1, 0.15) is 11.4 Å². The van der Waals surface area contributed by atoms with Crippen LogP contribution in [0, 0.1) is 0 Å². The third-order valence-electron chi connectivity index (χ3n) is 5.86. The molecule has 0 fully saturated rings. The Morgan fingerprint density at radius 3 is 2.27 bits per heavy atom. The molecule has 5 rings (SSSR count). The normalized spacial score (nSPS) is 14.7. The van der Waals surface area contributed by atoms with Crippen molar-refractivity contribution in [1.29, 1.82) is 0 Å². The molecule has 3 aromatic carbocycles. The molecule has 0 saturated heterocycles. The van der Waals surface area contributed by atoms with Gasteiger partial charge in [0.05, 0.1) is 23.0 Å². The van der Waals surface area contributed by atoms with Crippen LogP contribution >= 0.6 is 25.1 Å². The molecule has 0 aliphatic carbocycles. The number of carbonyl (C=O) groups is 1. The Morgan fingerprint density at radius 2 is 1.68 bits per heavy atom. The average molecular weight is 541 g/mol. The lowest BCUT2D eigenvalue weighted by molar-refractivity contribution is -0.0497. The molecular weight excluding hydrogens is 518 g/mol. The topological polar surface area (TPSA) is 59.7 Å². The van der Waals surface area contributed by atoms with Crippen molar-refractivity contribution in [2.75, 3.05) is 11.4 Å². The van der Waals surface area contributed by atoms with Gasteiger partial charge in [-0.1, -0.05) is 72.3 Å². The second-order valence-corrected chi connectivity index (χ2v) is 8.68. The van der Waals surface area contributed by atoms with Crippen molar-refractivity contribution in [1.82, 2.24) is 9.78 Å². The highest BCUT2D eigenvalue weighted by Gasteiger charge is 2.34. The zero-order valence-electron chi connectivity index (χ0n) is 19.7. The van der Waals surface area contributed by atoms with E-state index in [2.05, 4.69) is 9.84 Å². The first kappa shape index (κ1) is 26.4. The summed E-state index contributed by atoms with van der Waals surface area (Å²) in [5.74, 6) is -0.549. The van der Waals surface area contributed by atoms with E-state index in [1.165, 1.54) is 17.0 Å². The largest absolute Gasteiger partial charge is 0.433 e. The van der Waals surface area contributed by atoms with Gasteiger partial charge in [-0.25, -0.2) is 4.99 Å². The van der Waals surface area contributed by atoms with Gasteiger partial charge in [-0.15, -0.1) is 0 Å². The fourth-order valence-electron chi connectivity index (χ4n) is 4.21. The number of ether oxygens (including phenoxy) is 1. The molecule has 2 heterocycles. The standard InChI is InChI=1S/C27H21ClF2N4O2.H2S/c1-17-16-33(20-12-13-21(28)23(14-20)36-27(29)30)26(35)25-22(15-31-34(17)25)32-24(18-8-4-2-5-9-18)19-10-6-3-7-11-19;/h2-15,17,27H,16H2,1H3;1H2/t17-;/m0./s1.